The van der Waals surface area contributed by atoms with E-state index in [4.69, 9.17) is 9.47 Å². The molecule has 270 valence electrons. The zero-order valence-corrected chi connectivity index (χ0v) is 29.4. The molecule has 0 radical (unpaired) electrons. The van der Waals surface area contributed by atoms with Crippen LogP contribution in [0.25, 0.3) is 0 Å². The molecule has 4 amide bonds. The number of hydrogen-bond acceptors (Lipinski definition) is 7. The molecule has 0 saturated carbocycles. The molecule has 4 bridgehead atoms. The van der Waals surface area contributed by atoms with E-state index < -0.39 is 18.0 Å². The third-order valence-corrected chi connectivity index (χ3v) is 11.1. The lowest BCUT2D eigenvalue weighted by molar-refractivity contribution is -0.141. The number of hydrogen-bond donors (Lipinski definition) is 3. The number of nitrogens with one attached hydrogen (secondary N) is 3. The van der Waals surface area contributed by atoms with Crippen LogP contribution in [0, 0.1) is 18.3 Å². The number of piperidine rings is 2. The highest BCUT2D eigenvalue weighted by atomic mass is 16.5. The quantitative estimate of drug-likeness (QED) is 0.408. The van der Waals surface area contributed by atoms with Gasteiger partial charge in [-0.25, -0.2) is 0 Å². The lowest BCUT2D eigenvalue weighted by atomic mass is 9.77. The Hall–Kier alpha value is -3.96. The lowest BCUT2D eigenvalue weighted by Crippen LogP contribution is -2.55. The van der Waals surface area contributed by atoms with E-state index in [1.807, 2.05) is 60.4 Å². The molecule has 4 aliphatic rings. The maximum absolute atomic E-state index is 14.0. The molecule has 6 rings (SSSR count). The molecule has 3 fully saturated rings. The molecule has 4 heterocycles. The van der Waals surface area contributed by atoms with Gasteiger partial charge in [0.1, 0.15) is 17.8 Å². The van der Waals surface area contributed by atoms with E-state index >= 15 is 0 Å². The summed E-state index contributed by atoms with van der Waals surface area (Å²) >= 11 is 0. The number of likely N-dealkylation sites (tertiary alicyclic amines) is 1. The Morgan fingerprint density at radius 1 is 1.00 bits per heavy atom. The maximum atomic E-state index is 14.0. The second kappa shape index (κ2) is 16.8. The zero-order valence-electron chi connectivity index (χ0n) is 29.4. The number of nitrogens with zero attached hydrogens (tertiary/aromatic N) is 2. The Morgan fingerprint density at radius 3 is 2.56 bits per heavy atom. The number of fused-ring (bicyclic) bond motifs is 4. The average molecular weight is 688 g/mol. The molecule has 2 aromatic carbocycles. The highest BCUT2D eigenvalue weighted by Crippen LogP contribution is 2.38. The van der Waals surface area contributed by atoms with Gasteiger partial charge in [0.05, 0.1) is 26.2 Å². The Morgan fingerprint density at radius 2 is 1.80 bits per heavy atom. The van der Waals surface area contributed by atoms with Crippen molar-refractivity contribution < 1.29 is 28.7 Å². The van der Waals surface area contributed by atoms with Gasteiger partial charge >= 0.3 is 0 Å². The van der Waals surface area contributed by atoms with E-state index in [1.165, 1.54) is 0 Å². The number of amides is 4. The van der Waals surface area contributed by atoms with Gasteiger partial charge in [-0.3, -0.25) is 19.2 Å². The highest BCUT2D eigenvalue weighted by molar-refractivity contribution is 5.95. The summed E-state index contributed by atoms with van der Waals surface area (Å²) in [5, 5.41) is 8.86. The summed E-state index contributed by atoms with van der Waals surface area (Å²) in [5.41, 5.74) is 3.33. The second-order valence-electron chi connectivity index (χ2n) is 14.8. The van der Waals surface area contributed by atoms with Gasteiger partial charge in [0, 0.05) is 38.0 Å². The molecular formula is C39H53N5O6. The third kappa shape index (κ3) is 9.63. The lowest BCUT2D eigenvalue weighted by Gasteiger charge is -2.47. The first-order chi connectivity index (χ1) is 24.2. The number of carbonyl (C=O) groups excluding carboxylic acids is 4. The van der Waals surface area contributed by atoms with Crippen LogP contribution in [0.2, 0.25) is 0 Å². The van der Waals surface area contributed by atoms with Gasteiger partial charge in [0.15, 0.2) is 0 Å². The van der Waals surface area contributed by atoms with Gasteiger partial charge in [0.2, 0.25) is 23.6 Å². The molecule has 2 aromatic rings. The summed E-state index contributed by atoms with van der Waals surface area (Å²) in [4.78, 5) is 59.0. The molecule has 4 aliphatic heterocycles. The smallest absolute Gasteiger partial charge is 0.243 e. The second-order valence-corrected chi connectivity index (χ2v) is 14.8. The summed E-state index contributed by atoms with van der Waals surface area (Å²) in [7, 11) is 0. The molecule has 0 aliphatic carbocycles. The van der Waals surface area contributed by atoms with Crippen molar-refractivity contribution in [1.82, 2.24) is 25.8 Å². The van der Waals surface area contributed by atoms with Gasteiger partial charge in [-0.15, -0.1) is 0 Å². The molecule has 1 spiro atoms. The van der Waals surface area contributed by atoms with Gasteiger partial charge in [0.25, 0.3) is 0 Å². The van der Waals surface area contributed by atoms with Crippen LogP contribution < -0.4 is 20.7 Å². The standard InChI is InChI=1S/C39H53N5O6/c1-28-9-11-32-22-31(28)24-40-37(47)33(12-10-29-6-3-2-4-7-29)42-38(48)34(23-36(46)44-17-5-8-30(25-44)14-21-50-32)41-35(45)13-18-43-19-15-39(16-20-43)26-49-27-39/h2-4,6-7,9,11,22,30,33-34H,5,8,10,12-21,23-27H2,1H3,(H,40,47)(H,41,45)(H,42,48)/t30?,33-,34-/m0/s1. The first-order valence-electron chi connectivity index (χ1n) is 18.5. The highest BCUT2D eigenvalue weighted by Gasteiger charge is 2.41. The Balaban J connectivity index is 1.18. The molecule has 11 nitrogen and oxygen atoms in total. The third-order valence-electron chi connectivity index (χ3n) is 11.1. The van der Waals surface area contributed by atoms with Crippen LogP contribution in [-0.2, 0) is 36.9 Å². The Bertz CT molecular complexity index is 1490. The summed E-state index contributed by atoms with van der Waals surface area (Å²) in [6.45, 7) is 8.09. The van der Waals surface area contributed by atoms with Gasteiger partial charge in [-0.05, 0) is 99.7 Å². The number of carbonyl (C=O) groups is 4. The van der Waals surface area contributed by atoms with Crippen molar-refractivity contribution in [2.75, 3.05) is 52.5 Å². The summed E-state index contributed by atoms with van der Waals surface area (Å²) in [6.07, 6.45) is 5.80. The summed E-state index contributed by atoms with van der Waals surface area (Å²) in [5.74, 6) is -0.261. The van der Waals surface area contributed by atoms with Crippen LogP contribution in [0.1, 0.15) is 68.1 Å². The van der Waals surface area contributed by atoms with E-state index in [-0.39, 0.29) is 43.0 Å². The zero-order chi connectivity index (χ0) is 34.9. The average Bonchev–Trinajstić information content (AvgIpc) is 3.11. The minimum absolute atomic E-state index is 0.163. The fourth-order valence-electron chi connectivity index (χ4n) is 7.57. The summed E-state index contributed by atoms with van der Waals surface area (Å²) < 4.78 is 11.6. The monoisotopic (exact) mass is 687 g/mol. The molecule has 3 atom stereocenters. The number of aryl methyl sites for hydroxylation is 2. The largest absolute Gasteiger partial charge is 0.494 e. The van der Waals surface area contributed by atoms with Crippen molar-refractivity contribution in [2.24, 2.45) is 11.3 Å². The van der Waals surface area contributed by atoms with Crippen LogP contribution >= 0.6 is 0 Å². The first kappa shape index (κ1) is 35.9. The van der Waals surface area contributed by atoms with Gasteiger partial charge in [-0.1, -0.05) is 36.4 Å². The topological polar surface area (TPSA) is 129 Å². The van der Waals surface area contributed by atoms with Crippen LogP contribution in [-0.4, -0.2) is 98.1 Å². The molecule has 11 heteroatoms. The molecular weight excluding hydrogens is 634 g/mol. The summed E-state index contributed by atoms with van der Waals surface area (Å²) in [6, 6.07) is 13.7. The van der Waals surface area contributed by atoms with Crippen LogP contribution in [0.5, 0.6) is 5.75 Å². The number of rotatable bonds is 7. The fourth-order valence-corrected chi connectivity index (χ4v) is 7.57. The van der Waals surface area contributed by atoms with Crippen LogP contribution in [0.3, 0.4) is 0 Å². The molecule has 50 heavy (non-hydrogen) atoms. The van der Waals surface area contributed by atoms with E-state index in [0.717, 1.165) is 80.8 Å². The fraction of sp³-hybridized carbons (Fsp3) is 0.590. The van der Waals surface area contributed by atoms with Crippen LogP contribution in [0.15, 0.2) is 48.5 Å². The van der Waals surface area contributed by atoms with Crippen molar-refractivity contribution in [1.29, 1.82) is 0 Å². The predicted octanol–water partition coefficient (Wildman–Crippen LogP) is 3.13. The Kier molecular flexibility index (Phi) is 12.1. The van der Waals surface area contributed by atoms with Crippen molar-refractivity contribution in [3.05, 3.63) is 65.2 Å². The maximum Gasteiger partial charge on any atom is 0.243 e. The predicted molar refractivity (Wildman–Crippen MR) is 189 cm³/mol. The van der Waals surface area contributed by atoms with Gasteiger partial charge in [-0.2, -0.15) is 0 Å². The van der Waals surface area contributed by atoms with Crippen molar-refractivity contribution in [3.8, 4) is 5.75 Å². The molecule has 3 N–H and O–H groups in total. The van der Waals surface area contributed by atoms with Crippen molar-refractivity contribution in [3.63, 3.8) is 0 Å². The number of benzene rings is 2. The SMILES string of the molecule is Cc1ccc2cc1CNC(=O)[C@H](CCc1ccccc1)NC(=O)[C@@H](NC(=O)CCN1CCC3(CC1)COC3)CC(=O)N1CCCC(CCO2)C1. The van der Waals surface area contributed by atoms with Crippen molar-refractivity contribution >= 4 is 23.6 Å². The first-order valence-corrected chi connectivity index (χ1v) is 18.5. The number of ether oxygens (including phenoxy) is 2. The normalized spacial score (nSPS) is 24.9. The van der Waals surface area contributed by atoms with E-state index in [1.54, 1.807) is 0 Å². The molecule has 0 aromatic heterocycles. The molecule has 1 unspecified atom stereocenters. The van der Waals surface area contributed by atoms with E-state index in [2.05, 4.69) is 20.9 Å². The van der Waals surface area contributed by atoms with Crippen LogP contribution in [0.4, 0.5) is 0 Å². The van der Waals surface area contributed by atoms with Crippen molar-refractivity contribution in [2.45, 2.75) is 83.3 Å². The van der Waals surface area contributed by atoms with E-state index in [9.17, 15) is 19.2 Å². The Labute approximate surface area is 295 Å². The minimum Gasteiger partial charge on any atom is -0.494 e. The van der Waals surface area contributed by atoms with E-state index in [0.29, 0.717) is 44.5 Å². The minimum atomic E-state index is -1.10. The van der Waals surface area contributed by atoms with Gasteiger partial charge < -0.3 is 35.2 Å². The molecule has 3 saturated heterocycles.